The smallest absolute Gasteiger partial charge is 0.115 e. The van der Waals surface area contributed by atoms with Gasteiger partial charge in [0.25, 0.3) is 0 Å². The third kappa shape index (κ3) is 2.70. The standard InChI is InChI=1S/C16H21N3O/c1-12(13-4-2-5-14(20)10-13)18-15-6-3-7-16(15)19-9-8-17-11-19/h2,4-5,8-12,15-16,18,20H,3,6-7H2,1H3. The van der Waals surface area contributed by atoms with E-state index in [0.29, 0.717) is 17.8 Å². The van der Waals surface area contributed by atoms with E-state index in [9.17, 15) is 5.11 Å². The summed E-state index contributed by atoms with van der Waals surface area (Å²) in [4.78, 5) is 4.15. The highest BCUT2D eigenvalue weighted by atomic mass is 16.3. The van der Waals surface area contributed by atoms with E-state index in [2.05, 4.69) is 27.9 Å². The summed E-state index contributed by atoms with van der Waals surface area (Å²) in [7, 11) is 0. The van der Waals surface area contributed by atoms with Gasteiger partial charge in [-0.15, -0.1) is 0 Å². The molecule has 0 amide bonds. The number of hydrogen-bond donors (Lipinski definition) is 2. The second-order valence-corrected chi connectivity index (χ2v) is 5.60. The molecule has 3 rings (SSSR count). The summed E-state index contributed by atoms with van der Waals surface area (Å²) in [5.74, 6) is 0.328. The lowest BCUT2D eigenvalue weighted by molar-refractivity contribution is 0.362. The molecule has 3 unspecified atom stereocenters. The number of hydrogen-bond acceptors (Lipinski definition) is 3. The molecular formula is C16H21N3O. The topological polar surface area (TPSA) is 50.1 Å². The minimum atomic E-state index is 0.233. The Morgan fingerprint density at radius 3 is 3.05 bits per heavy atom. The first-order chi connectivity index (χ1) is 9.74. The van der Waals surface area contributed by atoms with Gasteiger partial charge in [-0.25, -0.2) is 4.98 Å². The number of rotatable bonds is 4. The monoisotopic (exact) mass is 271 g/mol. The number of aromatic hydroxyl groups is 1. The fraction of sp³-hybridized carbons (Fsp3) is 0.438. The first kappa shape index (κ1) is 13.2. The number of imidazole rings is 1. The number of nitrogens with one attached hydrogen (secondary N) is 1. The molecule has 106 valence electrons. The van der Waals surface area contributed by atoms with Crippen LogP contribution in [0.25, 0.3) is 0 Å². The first-order valence-corrected chi connectivity index (χ1v) is 7.26. The van der Waals surface area contributed by atoms with Crippen molar-refractivity contribution in [2.75, 3.05) is 0 Å². The summed E-state index contributed by atoms with van der Waals surface area (Å²) in [5, 5.41) is 13.3. The molecule has 2 N–H and O–H groups in total. The Bertz CT molecular complexity index is 553. The summed E-state index contributed by atoms with van der Waals surface area (Å²) < 4.78 is 2.21. The Labute approximate surface area is 119 Å². The van der Waals surface area contributed by atoms with Crippen LogP contribution in [0.4, 0.5) is 0 Å². The average molecular weight is 271 g/mol. The summed E-state index contributed by atoms with van der Waals surface area (Å²) in [6.45, 7) is 2.15. The quantitative estimate of drug-likeness (QED) is 0.898. The lowest BCUT2D eigenvalue weighted by Crippen LogP contribution is -2.35. The van der Waals surface area contributed by atoms with Crippen LogP contribution in [0.2, 0.25) is 0 Å². The molecule has 1 aromatic carbocycles. The van der Waals surface area contributed by atoms with Gasteiger partial charge in [-0.3, -0.25) is 0 Å². The molecule has 4 nitrogen and oxygen atoms in total. The minimum absolute atomic E-state index is 0.233. The highest BCUT2D eigenvalue weighted by Gasteiger charge is 2.29. The van der Waals surface area contributed by atoms with Crippen molar-refractivity contribution < 1.29 is 5.11 Å². The summed E-state index contributed by atoms with van der Waals surface area (Å²) >= 11 is 0. The van der Waals surface area contributed by atoms with Crippen molar-refractivity contribution >= 4 is 0 Å². The zero-order valence-electron chi connectivity index (χ0n) is 11.7. The van der Waals surface area contributed by atoms with Crippen LogP contribution < -0.4 is 5.32 Å². The molecule has 0 spiro atoms. The molecule has 1 aliphatic carbocycles. The summed E-state index contributed by atoms with van der Waals surface area (Å²) in [5.41, 5.74) is 1.13. The Hall–Kier alpha value is -1.81. The summed E-state index contributed by atoms with van der Waals surface area (Å²) in [6, 6.07) is 8.66. The largest absolute Gasteiger partial charge is 0.508 e. The van der Waals surface area contributed by atoms with Crippen molar-refractivity contribution in [2.45, 2.75) is 44.3 Å². The van der Waals surface area contributed by atoms with E-state index in [4.69, 9.17) is 0 Å². The molecule has 1 heterocycles. The Kier molecular flexibility index (Phi) is 3.74. The maximum absolute atomic E-state index is 9.58. The predicted molar refractivity (Wildman–Crippen MR) is 78.6 cm³/mol. The van der Waals surface area contributed by atoms with Crippen LogP contribution in [0.5, 0.6) is 5.75 Å². The zero-order valence-corrected chi connectivity index (χ0v) is 11.7. The Morgan fingerprint density at radius 2 is 2.30 bits per heavy atom. The SMILES string of the molecule is CC(NC1CCCC1n1ccnc1)c1cccc(O)c1. The molecule has 0 radical (unpaired) electrons. The van der Waals surface area contributed by atoms with Crippen molar-refractivity contribution in [3.63, 3.8) is 0 Å². The normalized spacial score (nSPS) is 23.9. The molecule has 1 aromatic heterocycles. The van der Waals surface area contributed by atoms with E-state index in [1.165, 1.54) is 19.3 Å². The van der Waals surface area contributed by atoms with Gasteiger partial charge in [0.1, 0.15) is 5.75 Å². The van der Waals surface area contributed by atoms with Crippen molar-refractivity contribution in [1.82, 2.24) is 14.9 Å². The molecule has 0 saturated heterocycles. The van der Waals surface area contributed by atoms with Crippen LogP contribution in [-0.4, -0.2) is 20.7 Å². The molecule has 1 aliphatic rings. The van der Waals surface area contributed by atoms with Crippen molar-refractivity contribution in [3.05, 3.63) is 48.5 Å². The van der Waals surface area contributed by atoms with Gasteiger partial charge in [0, 0.05) is 30.5 Å². The maximum atomic E-state index is 9.58. The number of nitrogens with zero attached hydrogens (tertiary/aromatic N) is 2. The van der Waals surface area contributed by atoms with Crippen LogP contribution in [-0.2, 0) is 0 Å². The van der Waals surface area contributed by atoms with E-state index in [1.807, 2.05) is 30.9 Å². The minimum Gasteiger partial charge on any atom is -0.508 e. The third-order valence-electron chi connectivity index (χ3n) is 4.22. The second-order valence-electron chi connectivity index (χ2n) is 5.60. The van der Waals surface area contributed by atoms with Crippen LogP contribution in [0, 0.1) is 0 Å². The Morgan fingerprint density at radius 1 is 1.40 bits per heavy atom. The Balaban J connectivity index is 1.70. The molecule has 3 atom stereocenters. The fourth-order valence-electron chi connectivity index (χ4n) is 3.17. The third-order valence-corrected chi connectivity index (χ3v) is 4.22. The van der Waals surface area contributed by atoms with E-state index in [0.717, 1.165) is 5.56 Å². The van der Waals surface area contributed by atoms with Crippen LogP contribution in [0.1, 0.15) is 43.8 Å². The molecule has 1 fully saturated rings. The zero-order chi connectivity index (χ0) is 13.9. The molecule has 0 aliphatic heterocycles. The van der Waals surface area contributed by atoms with Crippen molar-refractivity contribution in [2.24, 2.45) is 0 Å². The number of phenols is 1. The second kappa shape index (κ2) is 5.67. The van der Waals surface area contributed by atoms with Gasteiger partial charge in [0.05, 0.1) is 6.33 Å². The molecular weight excluding hydrogens is 250 g/mol. The van der Waals surface area contributed by atoms with E-state index >= 15 is 0 Å². The molecule has 1 saturated carbocycles. The van der Waals surface area contributed by atoms with Crippen LogP contribution >= 0.6 is 0 Å². The highest BCUT2D eigenvalue weighted by Crippen LogP contribution is 2.32. The lowest BCUT2D eigenvalue weighted by atomic mass is 10.1. The van der Waals surface area contributed by atoms with Gasteiger partial charge < -0.3 is 15.0 Å². The van der Waals surface area contributed by atoms with Gasteiger partial charge in [-0.05, 0) is 43.9 Å². The first-order valence-electron chi connectivity index (χ1n) is 7.26. The highest BCUT2D eigenvalue weighted by molar-refractivity contribution is 5.29. The van der Waals surface area contributed by atoms with Crippen molar-refractivity contribution in [1.29, 1.82) is 0 Å². The van der Waals surface area contributed by atoms with E-state index in [-0.39, 0.29) is 6.04 Å². The predicted octanol–water partition coefficient (Wildman–Crippen LogP) is 3.03. The molecule has 4 heteroatoms. The number of aromatic nitrogens is 2. The van der Waals surface area contributed by atoms with E-state index < -0.39 is 0 Å². The molecule has 0 bridgehead atoms. The van der Waals surface area contributed by atoms with Gasteiger partial charge in [-0.2, -0.15) is 0 Å². The molecule has 2 aromatic rings. The van der Waals surface area contributed by atoms with Crippen LogP contribution in [0.15, 0.2) is 43.0 Å². The van der Waals surface area contributed by atoms with E-state index in [1.54, 1.807) is 6.07 Å². The van der Waals surface area contributed by atoms with Crippen LogP contribution in [0.3, 0.4) is 0 Å². The number of phenolic OH excluding ortho intramolecular Hbond substituents is 1. The molecule has 20 heavy (non-hydrogen) atoms. The number of benzene rings is 1. The van der Waals surface area contributed by atoms with Gasteiger partial charge in [-0.1, -0.05) is 12.1 Å². The maximum Gasteiger partial charge on any atom is 0.115 e. The lowest BCUT2D eigenvalue weighted by Gasteiger charge is -2.26. The summed E-state index contributed by atoms with van der Waals surface area (Å²) in [6.07, 6.45) is 9.42. The van der Waals surface area contributed by atoms with Gasteiger partial charge >= 0.3 is 0 Å². The van der Waals surface area contributed by atoms with Gasteiger partial charge in [0.15, 0.2) is 0 Å². The van der Waals surface area contributed by atoms with Crippen molar-refractivity contribution in [3.8, 4) is 5.75 Å². The average Bonchev–Trinajstić information content (AvgIpc) is 3.08. The fourth-order valence-corrected chi connectivity index (χ4v) is 3.17. The van der Waals surface area contributed by atoms with Gasteiger partial charge in [0.2, 0.25) is 0 Å².